The summed E-state index contributed by atoms with van der Waals surface area (Å²) in [5, 5.41) is 20.2. The number of halogens is 1. The molecule has 0 saturated carbocycles. The minimum Gasteiger partial charge on any atom is -0.543 e. The highest BCUT2D eigenvalue weighted by atomic mass is 35.5. The van der Waals surface area contributed by atoms with Crippen LogP contribution in [-0.2, 0) is 30.6 Å². The lowest BCUT2D eigenvalue weighted by atomic mass is 10.0. The maximum Gasteiger partial charge on any atom is 0.276 e. The second kappa shape index (κ2) is 11.1. The molecule has 4 rings (SSSR count). The van der Waals surface area contributed by atoms with E-state index >= 15 is 0 Å². The summed E-state index contributed by atoms with van der Waals surface area (Å²) >= 11 is 8.42. The van der Waals surface area contributed by atoms with Gasteiger partial charge in [0.1, 0.15) is 28.1 Å². The van der Waals surface area contributed by atoms with E-state index < -0.39 is 29.2 Å². The summed E-state index contributed by atoms with van der Waals surface area (Å²) in [6, 6.07) is 4.45. The van der Waals surface area contributed by atoms with E-state index in [0.29, 0.717) is 17.7 Å². The van der Waals surface area contributed by atoms with Gasteiger partial charge in [-0.2, -0.15) is 0 Å². The fourth-order valence-electron chi connectivity index (χ4n) is 3.64. The number of oxime groups is 1. The number of carboxylic acid groups (broad SMARTS) is 1. The van der Waals surface area contributed by atoms with Crippen LogP contribution in [0.25, 0.3) is 0 Å². The topological polar surface area (TPSA) is 157 Å². The molecule has 4 heterocycles. The number of fused-ring (bicyclic) bond motifs is 1. The van der Waals surface area contributed by atoms with Gasteiger partial charge >= 0.3 is 0 Å². The highest BCUT2D eigenvalue weighted by Crippen LogP contribution is 2.40. The third-order valence-electron chi connectivity index (χ3n) is 5.17. The standard InChI is InChI=1S/C21H19ClN6O6S2/c1-2-34-26-13(12-16(22)36-21(25-12)23-10-29)17(30)24-14-18(31)28-15(20(32)33)11(9-35-19(14)28)8-27-6-4-3-5-7-27/h3-7,10,14,19H,2,8-9H2,1H3,(H2-,23,24,25,29,30,32,33)/b26-13-/t14?,19-/m1/s1. The first-order chi connectivity index (χ1) is 17.3. The Kier molecular flexibility index (Phi) is 7.86. The van der Waals surface area contributed by atoms with E-state index in [9.17, 15) is 24.3 Å². The van der Waals surface area contributed by atoms with Crippen LogP contribution in [0.4, 0.5) is 5.13 Å². The number of rotatable bonds is 10. The van der Waals surface area contributed by atoms with E-state index in [4.69, 9.17) is 16.4 Å². The molecule has 0 aliphatic carbocycles. The molecule has 15 heteroatoms. The molecule has 3 amide bonds. The largest absolute Gasteiger partial charge is 0.543 e. The van der Waals surface area contributed by atoms with Crippen LogP contribution in [0.5, 0.6) is 0 Å². The number of aliphatic carboxylic acids is 1. The number of aromatic nitrogens is 2. The molecule has 0 radical (unpaired) electrons. The Morgan fingerprint density at radius 3 is 2.81 bits per heavy atom. The van der Waals surface area contributed by atoms with E-state index in [0.717, 1.165) is 16.2 Å². The van der Waals surface area contributed by atoms with Crippen molar-refractivity contribution in [1.82, 2.24) is 15.2 Å². The number of carbonyl (C=O) groups is 4. The molecule has 2 atom stereocenters. The number of pyridine rings is 1. The molecule has 2 aromatic heterocycles. The molecule has 36 heavy (non-hydrogen) atoms. The predicted octanol–water partition coefficient (Wildman–Crippen LogP) is -0.503. The fourth-order valence-corrected chi connectivity index (χ4v) is 5.98. The lowest BCUT2D eigenvalue weighted by Crippen LogP contribution is -2.71. The Morgan fingerprint density at radius 2 is 2.14 bits per heavy atom. The maximum absolute atomic E-state index is 13.1. The second-order valence-corrected chi connectivity index (χ2v) is 10.1. The first kappa shape index (κ1) is 25.6. The number of hydrogen-bond acceptors (Lipinski definition) is 10. The highest BCUT2D eigenvalue weighted by Gasteiger charge is 2.53. The van der Waals surface area contributed by atoms with Crippen LogP contribution in [0.3, 0.4) is 0 Å². The third-order valence-corrected chi connectivity index (χ3v) is 7.70. The van der Waals surface area contributed by atoms with Gasteiger partial charge in [0.05, 0.1) is 11.7 Å². The van der Waals surface area contributed by atoms with Crippen molar-refractivity contribution < 1.29 is 33.7 Å². The predicted molar refractivity (Wildman–Crippen MR) is 129 cm³/mol. The summed E-state index contributed by atoms with van der Waals surface area (Å²) < 4.78 is 1.87. The van der Waals surface area contributed by atoms with E-state index in [2.05, 4.69) is 20.8 Å². The number of hydrogen-bond donors (Lipinski definition) is 2. The number of carbonyl (C=O) groups excluding carboxylic acids is 4. The van der Waals surface area contributed by atoms with Gasteiger partial charge in [-0.15, -0.1) is 11.8 Å². The van der Waals surface area contributed by atoms with Crippen LogP contribution in [0.2, 0.25) is 4.34 Å². The van der Waals surface area contributed by atoms with Gasteiger partial charge in [-0.05, 0) is 6.92 Å². The highest BCUT2D eigenvalue weighted by molar-refractivity contribution is 8.00. The quantitative estimate of drug-likeness (QED) is 0.132. The van der Waals surface area contributed by atoms with Crippen molar-refractivity contribution in [3.05, 3.63) is 51.9 Å². The molecule has 1 fully saturated rings. The molecule has 2 N–H and O–H groups in total. The van der Waals surface area contributed by atoms with Crippen molar-refractivity contribution >= 4 is 69.7 Å². The number of thioether (sulfide) groups is 1. The number of anilines is 1. The number of amides is 3. The first-order valence-corrected chi connectivity index (χ1v) is 12.8. The van der Waals surface area contributed by atoms with Gasteiger partial charge in [-0.25, -0.2) is 9.55 Å². The zero-order chi connectivity index (χ0) is 25.8. The summed E-state index contributed by atoms with van der Waals surface area (Å²) in [5.74, 6) is -2.53. The van der Waals surface area contributed by atoms with Gasteiger partial charge in [0.15, 0.2) is 29.8 Å². The second-order valence-electron chi connectivity index (χ2n) is 7.41. The van der Waals surface area contributed by atoms with Gasteiger partial charge in [0.25, 0.3) is 11.8 Å². The number of carboxylic acids is 1. The molecule has 12 nitrogen and oxygen atoms in total. The summed E-state index contributed by atoms with van der Waals surface area (Å²) in [7, 11) is 0. The monoisotopic (exact) mass is 550 g/mol. The lowest BCUT2D eigenvalue weighted by Gasteiger charge is -2.50. The Morgan fingerprint density at radius 1 is 1.39 bits per heavy atom. The van der Waals surface area contributed by atoms with E-state index in [1.165, 1.54) is 11.8 Å². The molecule has 2 aromatic rings. The third kappa shape index (κ3) is 5.05. The van der Waals surface area contributed by atoms with Crippen LogP contribution in [-0.4, -0.2) is 63.6 Å². The van der Waals surface area contributed by atoms with Crippen LogP contribution < -0.4 is 20.3 Å². The van der Waals surface area contributed by atoms with Gasteiger partial charge in [-0.1, -0.05) is 34.2 Å². The molecular formula is C21H19ClN6O6S2. The fraction of sp³-hybridized carbons (Fsp3) is 0.286. The van der Waals surface area contributed by atoms with Gasteiger partial charge < -0.3 is 25.4 Å². The van der Waals surface area contributed by atoms with Crippen LogP contribution >= 0.6 is 34.7 Å². The molecule has 1 saturated heterocycles. The van der Waals surface area contributed by atoms with Crippen molar-refractivity contribution in [2.45, 2.75) is 24.9 Å². The van der Waals surface area contributed by atoms with Gasteiger partial charge in [0.2, 0.25) is 6.41 Å². The lowest BCUT2D eigenvalue weighted by molar-refractivity contribution is -0.689. The minimum atomic E-state index is -1.46. The molecule has 188 valence electrons. The normalized spacial score (nSPS) is 19.3. The Hall–Kier alpha value is -3.49. The zero-order valence-electron chi connectivity index (χ0n) is 18.7. The first-order valence-electron chi connectivity index (χ1n) is 10.6. The van der Waals surface area contributed by atoms with E-state index in [1.54, 1.807) is 23.9 Å². The summed E-state index contributed by atoms with van der Waals surface area (Å²) in [5.41, 5.74) is 0.00453. The summed E-state index contributed by atoms with van der Waals surface area (Å²) in [6.07, 6.45) is 3.99. The zero-order valence-corrected chi connectivity index (χ0v) is 21.1. The van der Waals surface area contributed by atoms with Crippen molar-refractivity contribution in [2.75, 3.05) is 17.7 Å². The smallest absolute Gasteiger partial charge is 0.276 e. The van der Waals surface area contributed by atoms with Crippen LogP contribution in [0.1, 0.15) is 12.6 Å². The molecule has 0 aromatic carbocycles. The summed E-state index contributed by atoms with van der Waals surface area (Å²) in [6.45, 7) is 2.08. The summed E-state index contributed by atoms with van der Waals surface area (Å²) in [4.78, 5) is 59.0. The van der Waals surface area contributed by atoms with Crippen LogP contribution in [0.15, 0.2) is 47.0 Å². The maximum atomic E-state index is 13.1. The average Bonchev–Trinajstić information content (AvgIpc) is 3.22. The molecule has 1 unspecified atom stereocenters. The average molecular weight is 551 g/mol. The molecule has 0 bridgehead atoms. The Balaban J connectivity index is 1.54. The van der Waals surface area contributed by atoms with Crippen molar-refractivity contribution in [1.29, 1.82) is 0 Å². The van der Waals surface area contributed by atoms with Gasteiger partial charge in [0, 0.05) is 23.5 Å². The van der Waals surface area contributed by atoms with E-state index in [-0.39, 0.29) is 39.7 Å². The molecule has 2 aliphatic heterocycles. The van der Waals surface area contributed by atoms with Crippen LogP contribution in [0, 0.1) is 0 Å². The molecule has 0 spiro atoms. The number of thiazole rings is 1. The Bertz CT molecular complexity index is 1270. The van der Waals surface area contributed by atoms with E-state index in [1.807, 2.05) is 18.2 Å². The molecular weight excluding hydrogens is 532 g/mol. The number of β-lactam (4-membered cyclic amide) rings is 1. The minimum absolute atomic E-state index is 0.0330. The van der Waals surface area contributed by atoms with Gasteiger partial charge in [-0.3, -0.25) is 19.3 Å². The molecule has 2 aliphatic rings. The number of nitrogens with zero attached hydrogens (tertiary/aromatic N) is 4. The number of nitrogens with one attached hydrogen (secondary N) is 2. The van der Waals surface area contributed by atoms with Crippen molar-refractivity contribution in [2.24, 2.45) is 5.16 Å². The SMILES string of the molecule is CCO/N=C(\C(=O)NC1C(=O)N2C(C(=O)[O-])=C(C[n+]3ccccc3)CS[C@H]12)c1nc(NC=O)sc1Cl. The van der Waals surface area contributed by atoms with Crippen molar-refractivity contribution in [3.63, 3.8) is 0 Å². The van der Waals surface area contributed by atoms with Crippen molar-refractivity contribution in [3.8, 4) is 0 Å². The Labute approximate surface area is 218 Å².